The molecule has 0 spiro atoms. The van der Waals surface area contributed by atoms with Crippen LogP contribution in [0, 0.1) is 12.8 Å². The molecule has 1 aromatic carbocycles. The Morgan fingerprint density at radius 2 is 2.05 bits per heavy atom. The molecule has 0 bridgehead atoms. The third-order valence-corrected chi connectivity index (χ3v) is 8.33. The molecule has 1 unspecified atom stereocenters. The predicted molar refractivity (Wildman–Crippen MR) is 170 cm³/mol. The molecule has 3 aromatic rings. The summed E-state index contributed by atoms with van der Waals surface area (Å²) in [6.07, 6.45) is 11.3. The zero-order valence-electron chi connectivity index (χ0n) is 25.1. The van der Waals surface area contributed by atoms with Gasteiger partial charge in [-0.25, -0.2) is 4.98 Å². The van der Waals surface area contributed by atoms with Crippen LogP contribution in [0.3, 0.4) is 0 Å². The monoisotopic (exact) mass is 561 g/mol. The minimum Gasteiger partial charge on any atom is -0.402 e. The number of aromatic nitrogens is 2. The summed E-state index contributed by atoms with van der Waals surface area (Å²) in [7, 11) is 1.91. The number of benzene rings is 1. The molecule has 2 heterocycles. The molecule has 1 aliphatic carbocycles. The number of nitrogens with one attached hydrogen (secondary N) is 2. The van der Waals surface area contributed by atoms with Crippen LogP contribution in [0.25, 0.3) is 11.3 Å². The highest BCUT2D eigenvalue weighted by atomic mass is 32.1. The van der Waals surface area contributed by atoms with E-state index < -0.39 is 5.60 Å². The van der Waals surface area contributed by atoms with Crippen LogP contribution >= 0.6 is 11.3 Å². The van der Waals surface area contributed by atoms with Crippen molar-refractivity contribution in [3.63, 3.8) is 0 Å². The average molecular weight is 562 g/mol. The van der Waals surface area contributed by atoms with Crippen molar-refractivity contribution < 1.29 is 9.90 Å². The van der Waals surface area contributed by atoms with Gasteiger partial charge in [0.25, 0.3) is 5.91 Å². The fourth-order valence-electron chi connectivity index (χ4n) is 4.21. The molecule has 6 nitrogen and oxygen atoms in total. The molecule has 4 rings (SSSR count). The number of amides is 1. The van der Waals surface area contributed by atoms with Crippen molar-refractivity contribution in [2.24, 2.45) is 5.92 Å². The summed E-state index contributed by atoms with van der Waals surface area (Å²) < 4.78 is 1.87. The topological polar surface area (TPSA) is 79.2 Å². The normalized spacial score (nSPS) is 14.4. The van der Waals surface area contributed by atoms with Crippen molar-refractivity contribution in [3.05, 3.63) is 70.5 Å². The Bertz CT molecular complexity index is 1260. The second-order valence-corrected chi connectivity index (χ2v) is 12.0. The van der Waals surface area contributed by atoms with Gasteiger partial charge in [-0.05, 0) is 69.4 Å². The Kier molecular flexibility index (Phi) is 12.1. The van der Waals surface area contributed by atoms with Crippen molar-refractivity contribution in [1.82, 2.24) is 14.8 Å². The highest BCUT2D eigenvalue weighted by molar-refractivity contribution is 7.14. The van der Waals surface area contributed by atoms with Gasteiger partial charge in [-0.3, -0.25) is 4.79 Å². The minimum absolute atomic E-state index is 0.0688. The molecule has 1 fully saturated rings. The standard InChI is InChI=1S/C21H22BN4OS.C11H24O/c1-14-4-3-5-16(10-14)19-13-28-21(25-19)24-18(15-6-7-15)11-23-20(27)17-8-9-26(12-17)22-2;1-5-10(3)8-7-9-11(4,12)6-2/h3-5,8-10,12-13H,6-7,11H2,1-2H3,(H,23,27)(H,24,25);10,12H,5-9H2,1-4H3/t;10?,11-/m.0/s1. The van der Waals surface area contributed by atoms with E-state index in [9.17, 15) is 9.90 Å². The highest BCUT2D eigenvalue weighted by Crippen LogP contribution is 2.33. The van der Waals surface area contributed by atoms with E-state index in [0.717, 1.165) is 60.1 Å². The van der Waals surface area contributed by atoms with Gasteiger partial charge < -0.3 is 20.2 Å². The lowest BCUT2D eigenvalue weighted by Crippen LogP contribution is -2.27. The molecule has 1 amide bonds. The number of hydrogen-bond donors (Lipinski definition) is 3. The quantitative estimate of drug-likeness (QED) is 0.187. The number of rotatable bonds is 13. The zero-order chi connectivity index (χ0) is 29.1. The molecule has 215 valence electrons. The molecule has 1 aliphatic rings. The maximum absolute atomic E-state index is 12.4. The van der Waals surface area contributed by atoms with Gasteiger partial charge in [0.05, 0.1) is 23.4 Å². The van der Waals surface area contributed by atoms with Gasteiger partial charge in [0.2, 0.25) is 7.41 Å². The van der Waals surface area contributed by atoms with Crippen LogP contribution in [0.4, 0.5) is 5.13 Å². The Morgan fingerprint density at radius 1 is 1.27 bits per heavy atom. The number of aliphatic hydroxyl groups is 1. The lowest BCUT2D eigenvalue weighted by Gasteiger charge is -2.21. The summed E-state index contributed by atoms with van der Waals surface area (Å²) in [5, 5.41) is 19.1. The van der Waals surface area contributed by atoms with Gasteiger partial charge in [0.15, 0.2) is 5.13 Å². The summed E-state index contributed by atoms with van der Waals surface area (Å²) >= 11 is 1.58. The molecule has 1 saturated carbocycles. The first-order chi connectivity index (χ1) is 19.1. The molecule has 40 heavy (non-hydrogen) atoms. The molecule has 2 aromatic heterocycles. The van der Waals surface area contributed by atoms with Crippen LogP contribution in [-0.4, -0.2) is 40.0 Å². The number of thiazole rings is 1. The fourth-order valence-corrected chi connectivity index (χ4v) is 4.96. The Morgan fingerprint density at radius 3 is 2.67 bits per heavy atom. The third-order valence-electron chi connectivity index (χ3n) is 7.57. The van der Waals surface area contributed by atoms with Crippen molar-refractivity contribution in [2.45, 2.75) is 92.0 Å². The first kappa shape index (κ1) is 31.7. The van der Waals surface area contributed by atoms with Crippen LogP contribution in [0.15, 0.2) is 59.4 Å². The van der Waals surface area contributed by atoms with Gasteiger partial charge in [-0.2, -0.15) is 0 Å². The summed E-state index contributed by atoms with van der Waals surface area (Å²) in [4.78, 5) is 17.1. The van der Waals surface area contributed by atoms with E-state index in [2.05, 4.69) is 55.0 Å². The summed E-state index contributed by atoms with van der Waals surface area (Å²) in [5.74, 6) is 0.749. The van der Waals surface area contributed by atoms with Crippen LogP contribution < -0.4 is 10.6 Å². The smallest absolute Gasteiger partial charge is 0.253 e. The summed E-state index contributed by atoms with van der Waals surface area (Å²) in [5.41, 5.74) is 5.96. The van der Waals surface area contributed by atoms with E-state index in [1.54, 1.807) is 11.3 Å². The van der Waals surface area contributed by atoms with Crippen LogP contribution in [0.2, 0.25) is 6.82 Å². The van der Waals surface area contributed by atoms with E-state index in [1.165, 1.54) is 24.0 Å². The first-order valence-corrected chi connectivity index (χ1v) is 15.5. The van der Waals surface area contributed by atoms with Crippen LogP contribution in [0.5, 0.6) is 0 Å². The van der Waals surface area contributed by atoms with E-state index in [-0.39, 0.29) is 5.91 Å². The molecule has 3 N–H and O–H groups in total. The van der Waals surface area contributed by atoms with Gasteiger partial charge in [0.1, 0.15) is 0 Å². The highest BCUT2D eigenvalue weighted by Gasteiger charge is 2.20. The lowest BCUT2D eigenvalue weighted by atomic mass is 9.93. The number of anilines is 1. The van der Waals surface area contributed by atoms with E-state index in [4.69, 9.17) is 4.98 Å². The number of allylic oxidation sites excluding steroid dienone is 1. The number of aryl methyl sites for hydroxylation is 1. The molecule has 1 radical (unpaired) electrons. The molecular weight excluding hydrogens is 515 g/mol. The Labute approximate surface area is 245 Å². The number of carbonyl (C=O) groups excluding carboxylic acids is 1. The minimum atomic E-state index is -0.423. The molecule has 2 atom stereocenters. The largest absolute Gasteiger partial charge is 0.402 e. The van der Waals surface area contributed by atoms with E-state index >= 15 is 0 Å². The number of carbonyl (C=O) groups is 1. The second kappa shape index (κ2) is 15.2. The van der Waals surface area contributed by atoms with Crippen molar-refractivity contribution >= 4 is 29.8 Å². The number of hydrogen-bond acceptors (Lipinski definition) is 5. The third kappa shape index (κ3) is 10.3. The van der Waals surface area contributed by atoms with Gasteiger partial charge in [0, 0.05) is 22.8 Å². The average Bonchev–Trinajstić information content (AvgIpc) is 3.48. The van der Waals surface area contributed by atoms with Crippen LogP contribution in [0.1, 0.15) is 88.6 Å². The summed E-state index contributed by atoms with van der Waals surface area (Å²) in [6, 6.07) is 10.2. The molecule has 0 saturated heterocycles. The van der Waals surface area contributed by atoms with E-state index in [1.807, 2.05) is 57.1 Å². The molecule has 8 heteroatoms. The van der Waals surface area contributed by atoms with E-state index in [0.29, 0.717) is 12.1 Å². The van der Waals surface area contributed by atoms with Crippen molar-refractivity contribution in [2.75, 3.05) is 11.9 Å². The Hall–Kier alpha value is -2.84. The molecular formula is C32H46BN4O2S. The maximum atomic E-state index is 12.4. The summed E-state index contributed by atoms with van der Waals surface area (Å²) in [6.45, 7) is 13.0. The van der Waals surface area contributed by atoms with Crippen molar-refractivity contribution in [3.8, 4) is 11.3 Å². The SMILES string of the molecule is CCC(C)CCC[C@@](C)(O)CC.C[B]n1ccc(C(=O)NCC(Nc2nc(-c3cccc(C)c3)cs2)=C2CC2)c1. The van der Waals surface area contributed by atoms with Gasteiger partial charge >= 0.3 is 0 Å². The second-order valence-electron chi connectivity index (χ2n) is 11.2. The lowest BCUT2D eigenvalue weighted by molar-refractivity contribution is 0.0433. The maximum Gasteiger partial charge on any atom is 0.253 e. The van der Waals surface area contributed by atoms with Gasteiger partial charge in [-0.1, -0.05) is 70.6 Å². The fraction of sp³-hybridized carbons (Fsp3) is 0.500. The zero-order valence-corrected chi connectivity index (χ0v) is 25.9. The molecule has 0 aliphatic heterocycles. The van der Waals surface area contributed by atoms with Crippen molar-refractivity contribution in [1.29, 1.82) is 0 Å². The van der Waals surface area contributed by atoms with Gasteiger partial charge in [-0.15, -0.1) is 11.3 Å². The number of nitrogens with zero attached hydrogens (tertiary/aromatic N) is 2. The predicted octanol–water partition coefficient (Wildman–Crippen LogP) is 7.69. The first-order valence-electron chi connectivity index (χ1n) is 14.6. The van der Waals surface area contributed by atoms with Crippen LogP contribution in [-0.2, 0) is 0 Å². The Balaban J connectivity index is 0.000000312.